The summed E-state index contributed by atoms with van der Waals surface area (Å²) in [7, 11) is -1.82. The Hall–Kier alpha value is -1.85. The summed E-state index contributed by atoms with van der Waals surface area (Å²) in [4.78, 5) is 8.86. The van der Waals surface area contributed by atoms with Gasteiger partial charge in [0, 0.05) is 54.6 Å². The van der Waals surface area contributed by atoms with Crippen LogP contribution in [-0.4, -0.2) is 51.5 Å². The number of benzene rings is 1. The van der Waals surface area contributed by atoms with Gasteiger partial charge in [0.15, 0.2) is 11.6 Å². The first-order valence-corrected chi connectivity index (χ1v) is 11.4. The smallest absolute Gasteiger partial charge is 0.250 e. The number of hydrogen-bond donors (Lipinski definition) is 1. The Kier molecular flexibility index (Phi) is 6.93. The van der Waals surface area contributed by atoms with Crippen LogP contribution in [-0.2, 0) is 16.6 Å². The maximum Gasteiger partial charge on any atom is 0.250 e. The number of fused-ring (bicyclic) bond motifs is 1. The fraction of sp³-hybridized carbons (Fsp3) is 0.316. The van der Waals surface area contributed by atoms with Gasteiger partial charge in [0.1, 0.15) is 10.0 Å². The fourth-order valence-electron chi connectivity index (χ4n) is 3.26. The van der Waals surface area contributed by atoms with Crippen molar-refractivity contribution in [1.29, 1.82) is 0 Å². The Balaban J connectivity index is 0.00000256. The SMILES string of the molecule is CN1CCN(c2nccc3sc(S(=O)(=O)NCc4cccc(F)c4F)cc23)CC1.Cl. The maximum atomic E-state index is 13.8. The lowest BCUT2D eigenvalue weighted by molar-refractivity contribution is 0.312. The van der Waals surface area contributed by atoms with Gasteiger partial charge in [-0.25, -0.2) is 26.9 Å². The number of anilines is 1. The molecule has 6 nitrogen and oxygen atoms in total. The summed E-state index contributed by atoms with van der Waals surface area (Å²) in [5, 5.41) is 0.777. The Bertz CT molecular complexity index is 1150. The number of likely N-dealkylation sites (N-methyl/N-ethyl adjacent to an activating group) is 1. The molecule has 162 valence electrons. The van der Waals surface area contributed by atoms with Gasteiger partial charge < -0.3 is 9.80 Å². The van der Waals surface area contributed by atoms with Crippen molar-refractivity contribution >= 4 is 49.7 Å². The van der Waals surface area contributed by atoms with Gasteiger partial charge >= 0.3 is 0 Å². The highest BCUT2D eigenvalue weighted by Crippen LogP contribution is 2.34. The van der Waals surface area contributed by atoms with E-state index in [-0.39, 0.29) is 28.7 Å². The Morgan fingerprint density at radius 2 is 1.90 bits per heavy atom. The first kappa shape index (κ1) is 22.8. The van der Waals surface area contributed by atoms with Crippen LogP contribution in [0.15, 0.2) is 40.7 Å². The van der Waals surface area contributed by atoms with Crippen LogP contribution >= 0.6 is 23.7 Å². The largest absolute Gasteiger partial charge is 0.354 e. The van der Waals surface area contributed by atoms with E-state index in [1.165, 1.54) is 12.1 Å². The van der Waals surface area contributed by atoms with E-state index in [1.54, 1.807) is 18.3 Å². The first-order chi connectivity index (χ1) is 13.8. The van der Waals surface area contributed by atoms with E-state index in [1.807, 2.05) is 0 Å². The monoisotopic (exact) mass is 474 g/mol. The van der Waals surface area contributed by atoms with Gasteiger partial charge in [0.05, 0.1) is 0 Å². The molecule has 0 aliphatic carbocycles. The van der Waals surface area contributed by atoms with Crippen LogP contribution in [0.5, 0.6) is 0 Å². The van der Waals surface area contributed by atoms with Crippen molar-refractivity contribution in [1.82, 2.24) is 14.6 Å². The molecule has 1 saturated heterocycles. The molecule has 1 fully saturated rings. The lowest BCUT2D eigenvalue weighted by Gasteiger charge is -2.33. The van der Waals surface area contributed by atoms with Crippen LogP contribution < -0.4 is 9.62 Å². The summed E-state index contributed by atoms with van der Waals surface area (Å²) in [6.07, 6.45) is 1.68. The van der Waals surface area contributed by atoms with Gasteiger partial charge in [-0.15, -0.1) is 23.7 Å². The zero-order chi connectivity index (χ0) is 20.6. The third-order valence-electron chi connectivity index (χ3n) is 4.95. The van der Waals surface area contributed by atoms with Crippen molar-refractivity contribution < 1.29 is 17.2 Å². The van der Waals surface area contributed by atoms with E-state index in [4.69, 9.17) is 0 Å². The van der Waals surface area contributed by atoms with Crippen LogP contribution in [0.2, 0.25) is 0 Å². The Morgan fingerprint density at radius 3 is 2.63 bits per heavy atom. The minimum atomic E-state index is -3.88. The van der Waals surface area contributed by atoms with Gasteiger partial charge in [-0.1, -0.05) is 12.1 Å². The third-order valence-corrected chi connectivity index (χ3v) is 7.93. The molecule has 0 unspecified atom stereocenters. The molecule has 1 aliphatic rings. The highest BCUT2D eigenvalue weighted by Gasteiger charge is 2.23. The summed E-state index contributed by atoms with van der Waals surface area (Å²) >= 11 is 1.13. The highest BCUT2D eigenvalue weighted by atomic mass is 35.5. The second kappa shape index (κ2) is 9.11. The molecule has 0 radical (unpaired) electrons. The number of rotatable bonds is 5. The third kappa shape index (κ3) is 4.57. The minimum absolute atomic E-state index is 0. The van der Waals surface area contributed by atoms with Gasteiger partial charge in [-0.05, 0) is 25.2 Å². The zero-order valence-corrected chi connectivity index (χ0v) is 18.6. The molecule has 0 spiro atoms. The van der Waals surface area contributed by atoms with E-state index in [9.17, 15) is 17.2 Å². The van der Waals surface area contributed by atoms with Crippen molar-refractivity contribution in [2.24, 2.45) is 0 Å². The predicted octanol–water partition coefficient (Wildman–Crippen LogP) is 3.23. The highest BCUT2D eigenvalue weighted by molar-refractivity contribution is 7.91. The predicted molar refractivity (Wildman–Crippen MR) is 117 cm³/mol. The van der Waals surface area contributed by atoms with Crippen molar-refractivity contribution in [2.45, 2.75) is 10.8 Å². The van der Waals surface area contributed by atoms with Crippen LogP contribution in [0.4, 0.5) is 14.6 Å². The average Bonchev–Trinajstić information content (AvgIpc) is 3.15. The quantitative estimate of drug-likeness (QED) is 0.615. The van der Waals surface area contributed by atoms with Gasteiger partial charge in [-0.2, -0.15) is 0 Å². The Labute approximate surface area is 184 Å². The van der Waals surface area contributed by atoms with Crippen molar-refractivity contribution in [3.05, 3.63) is 53.7 Å². The molecule has 1 N–H and O–H groups in total. The number of halogens is 3. The number of pyridine rings is 1. The van der Waals surface area contributed by atoms with Gasteiger partial charge in [-0.3, -0.25) is 0 Å². The van der Waals surface area contributed by atoms with Crippen LogP contribution in [0, 0.1) is 11.6 Å². The van der Waals surface area contributed by atoms with Gasteiger partial charge in [0.25, 0.3) is 0 Å². The molecular formula is C19H21ClF2N4O2S2. The van der Waals surface area contributed by atoms with Crippen molar-refractivity contribution in [2.75, 3.05) is 38.1 Å². The van der Waals surface area contributed by atoms with Crippen molar-refractivity contribution in [3.8, 4) is 0 Å². The second-order valence-corrected chi connectivity index (χ2v) is 10.0. The molecule has 1 aliphatic heterocycles. The number of sulfonamides is 1. The lowest BCUT2D eigenvalue weighted by atomic mass is 10.2. The molecule has 0 atom stereocenters. The summed E-state index contributed by atoms with van der Waals surface area (Å²) in [6, 6.07) is 7.07. The molecule has 0 bridgehead atoms. The number of aromatic nitrogens is 1. The topological polar surface area (TPSA) is 65.5 Å². The number of nitrogens with zero attached hydrogens (tertiary/aromatic N) is 3. The molecule has 1 aromatic carbocycles. The van der Waals surface area contributed by atoms with E-state index < -0.39 is 21.7 Å². The second-order valence-electron chi connectivity index (χ2n) is 6.94. The molecule has 11 heteroatoms. The number of hydrogen-bond acceptors (Lipinski definition) is 6. The van der Waals surface area contributed by atoms with Crippen LogP contribution in [0.25, 0.3) is 10.1 Å². The van der Waals surface area contributed by atoms with E-state index in [2.05, 4.69) is 26.6 Å². The first-order valence-electron chi connectivity index (χ1n) is 9.10. The van der Waals surface area contributed by atoms with Gasteiger partial charge in [0.2, 0.25) is 10.0 Å². The average molecular weight is 475 g/mol. The van der Waals surface area contributed by atoms with Crippen LogP contribution in [0.1, 0.15) is 5.56 Å². The molecule has 4 rings (SSSR count). The summed E-state index contributed by atoms with van der Waals surface area (Å²) < 4.78 is 55.9. The zero-order valence-electron chi connectivity index (χ0n) is 16.1. The molecule has 3 heterocycles. The standard InChI is InChI=1S/C19H20F2N4O2S2.ClH/c1-24-7-9-25(10-8-24)19-14-11-17(28-16(14)5-6-22-19)29(26,27)23-12-13-3-2-4-15(20)18(13)21;/h2-6,11,23H,7-10,12H2,1H3;1H. The fourth-order valence-corrected chi connectivity index (χ4v) is 5.69. The molecule has 30 heavy (non-hydrogen) atoms. The number of thiophene rings is 1. The lowest BCUT2D eigenvalue weighted by Crippen LogP contribution is -2.44. The van der Waals surface area contributed by atoms with E-state index in [0.717, 1.165) is 59.5 Å². The van der Waals surface area contributed by atoms with Crippen molar-refractivity contribution in [3.63, 3.8) is 0 Å². The molecule has 2 aromatic heterocycles. The van der Waals surface area contributed by atoms with E-state index in [0.29, 0.717) is 0 Å². The molecule has 0 amide bonds. The molecule has 3 aromatic rings. The number of nitrogens with one attached hydrogen (secondary N) is 1. The summed E-state index contributed by atoms with van der Waals surface area (Å²) in [5.74, 6) is -1.29. The number of piperazine rings is 1. The normalized spacial score (nSPS) is 15.4. The molecule has 0 saturated carbocycles. The maximum absolute atomic E-state index is 13.8. The van der Waals surface area contributed by atoms with Crippen LogP contribution in [0.3, 0.4) is 0 Å². The summed E-state index contributed by atoms with van der Waals surface area (Å²) in [5.41, 5.74) is -0.0468. The minimum Gasteiger partial charge on any atom is -0.354 e. The molecular weight excluding hydrogens is 454 g/mol. The Morgan fingerprint density at radius 1 is 1.17 bits per heavy atom. The summed E-state index contributed by atoms with van der Waals surface area (Å²) in [6.45, 7) is 3.13. The van der Waals surface area contributed by atoms with E-state index >= 15 is 0 Å².